The van der Waals surface area contributed by atoms with E-state index in [0.717, 1.165) is 6.54 Å². The van der Waals surface area contributed by atoms with Crippen LogP contribution >= 0.6 is 0 Å². The summed E-state index contributed by atoms with van der Waals surface area (Å²) < 4.78 is 0. The number of rotatable bonds is 5. The Morgan fingerprint density at radius 1 is 1.22 bits per heavy atom. The van der Waals surface area contributed by atoms with E-state index in [9.17, 15) is 9.59 Å². The first kappa shape index (κ1) is 14.2. The van der Waals surface area contributed by atoms with Crippen molar-refractivity contribution in [2.45, 2.75) is 6.92 Å². The number of likely N-dealkylation sites (N-methyl/N-ethyl adjacent to an activating group) is 2. The molecule has 2 amide bonds. The second-order valence-corrected chi connectivity index (χ2v) is 4.09. The zero-order chi connectivity index (χ0) is 13.5. The Labute approximate surface area is 107 Å². The number of benzene rings is 1. The monoisotopic (exact) mass is 249 g/mol. The van der Waals surface area contributed by atoms with Crippen LogP contribution in [0.3, 0.4) is 0 Å². The molecule has 0 aliphatic heterocycles. The fraction of sp³-hybridized carbons (Fsp3) is 0.385. The van der Waals surface area contributed by atoms with Crippen molar-refractivity contribution >= 4 is 17.5 Å². The molecule has 0 aliphatic carbocycles. The highest BCUT2D eigenvalue weighted by atomic mass is 16.2. The highest BCUT2D eigenvalue weighted by Crippen LogP contribution is 2.10. The summed E-state index contributed by atoms with van der Waals surface area (Å²) in [5, 5.41) is 5.65. The first-order valence-corrected chi connectivity index (χ1v) is 5.82. The molecule has 98 valence electrons. The second kappa shape index (κ2) is 6.76. The van der Waals surface area contributed by atoms with Gasteiger partial charge in [-0.15, -0.1) is 0 Å². The summed E-state index contributed by atoms with van der Waals surface area (Å²) in [5.41, 5.74) is 1.31. The number of hydrogen-bond acceptors (Lipinski definition) is 3. The molecule has 0 radical (unpaired) electrons. The Bertz CT molecular complexity index is 415. The summed E-state index contributed by atoms with van der Waals surface area (Å²) in [6.45, 7) is 2.86. The summed E-state index contributed by atoms with van der Waals surface area (Å²) in [5.74, 6) is -0.153. The predicted molar refractivity (Wildman–Crippen MR) is 71.6 cm³/mol. The number of anilines is 1. The van der Waals surface area contributed by atoms with Gasteiger partial charge in [0.15, 0.2) is 0 Å². The van der Waals surface area contributed by atoms with Gasteiger partial charge in [0.25, 0.3) is 5.91 Å². The first-order valence-electron chi connectivity index (χ1n) is 5.82. The normalized spacial score (nSPS) is 9.94. The lowest BCUT2D eigenvalue weighted by Gasteiger charge is -2.17. The Balaban J connectivity index is 2.66. The van der Waals surface area contributed by atoms with Crippen molar-refractivity contribution in [3.05, 3.63) is 29.8 Å². The van der Waals surface area contributed by atoms with Gasteiger partial charge >= 0.3 is 0 Å². The van der Waals surface area contributed by atoms with Gasteiger partial charge < -0.3 is 15.5 Å². The molecule has 0 heterocycles. The van der Waals surface area contributed by atoms with Crippen LogP contribution in [0, 0.1) is 0 Å². The fourth-order valence-corrected chi connectivity index (χ4v) is 1.50. The minimum absolute atomic E-state index is 0.0281. The minimum atomic E-state index is -0.125. The van der Waals surface area contributed by atoms with Crippen molar-refractivity contribution in [2.75, 3.05) is 32.5 Å². The molecular formula is C13H19N3O2. The van der Waals surface area contributed by atoms with Crippen LogP contribution in [0.15, 0.2) is 24.3 Å². The van der Waals surface area contributed by atoms with Crippen molar-refractivity contribution in [3.8, 4) is 0 Å². The number of nitrogens with one attached hydrogen (secondary N) is 2. The molecule has 1 aromatic rings. The van der Waals surface area contributed by atoms with Crippen LogP contribution in [0.4, 0.5) is 5.69 Å². The first-order chi connectivity index (χ1) is 8.54. The third-order valence-corrected chi connectivity index (χ3v) is 2.50. The predicted octanol–water partition coefficient (Wildman–Crippen LogP) is 0.936. The zero-order valence-electron chi connectivity index (χ0n) is 11.0. The molecule has 1 aromatic carbocycles. The summed E-state index contributed by atoms with van der Waals surface area (Å²) in [6.07, 6.45) is 0. The fourth-order valence-electron chi connectivity index (χ4n) is 1.50. The quantitative estimate of drug-likeness (QED) is 0.816. The summed E-state index contributed by atoms with van der Waals surface area (Å²) >= 11 is 0. The molecule has 0 bridgehead atoms. The smallest absolute Gasteiger partial charge is 0.253 e. The van der Waals surface area contributed by atoms with Crippen LogP contribution in [0.2, 0.25) is 0 Å². The van der Waals surface area contributed by atoms with E-state index >= 15 is 0 Å². The molecule has 2 N–H and O–H groups in total. The van der Waals surface area contributed by atoms with E-state index in [0.29, 0.717) is 17.8 Å². The highest BCUT2D eigenvalue weighted by molar-refractivity contribution is 5.95. The molecule has 0 saturated carbocycles. The van der Waals surface area contributed by atoms with Crippen LogP contribution in [-0.4, -0.2) is 43.9 Å². The average Bonchev–Trinajstić information content (AvgIpc) is 2.35. The van der Waals surface area contributed by atoms with Crippen LogP contribution in [-0.2, 0) is 4.79 Å². The lowest BCUT2D eigenvalue weighted by atomic mass is 10.2. The number of carbonyl (C=O) groups excluding carboxylic acids is 2. The number of amides is 2. The average molecular weight is 249 g/mol. The third-order valence-electron chi connectivity index (χ3n) is 2.50. The van der Waals surface area contributed by atoms with Gasteiger partial charge in [-0.1, -0.05) is 0 Å². The van der Waals surface area contributed by atoms with Gasteiger partial charge in [-0.05, 0) is 31.3 Å². The van der Waals surface area contributed by atoms with E-state index in [1.54, 1.807) is 36.2 Å². The maximum atomic E-state index is 12.0. The Morgan fingerprint density at radius 3 is 2.33 bits per heavy atom. The molecule has 0 aliphatic rings. The number of hydrogen-bond donors (Lipinski definition) is 2. The molecule has 1 rings (SSSR count). The van der Waals surface area contributed by atoms with Crippen molar-refractivity contribution in [3.63, 3.8) is 0 Å². The molecule has 5 nitrogen and oxygen atoms in total. The molecule has 0 aromatic heterocycles. The maximum Gasteiger partial charge on any atom is 0.253 e. The van der Waals surface area contributed by atoms with E-state index < -0.39 is 0 Å². The van der Waals surface area contributed by atoms with Crippen LogP contribution in [0.1, 0.15) is 17.3 Å². The Hall–Kier alpha value is -1.88. The molecule has 18 heavy (non-hydrogen) atoms. The molecule has 0 atom stereocenters. The highest BCUT2D eigenvalue weighted by Gasteiger charge is 2.10. The van der Waals surface area contributed by atoms with Crippen molar-refractivity contribution < 1.29 is 9.59 Å². The van der Waals surface area contributed by atoms with E-state index in [-0.39, 0.29) is 11.8 Å². The standard InChI is InChI=1S/C13H19N3O2/c1-10(17)15-12-6-4-11(5-7-12)13(18)16(3)9-8-14-2/h4-7,14H,8-9H2,1-3H3,(H,15,17). The molecular weight excluding hydrogens is 230 g/mol. The molecule has 0 unspecified atom stereocenters. The number of carbonyl (C=O) groups is 2. The van der Waals surface area contributed by atoms with Crippen LogP contribution in [0.5, 0.6) is 0 Å². The molecule has 0 saturated heterocycles. The summed E-state index contributed by atoms with van der Waals surface area (Å²) in [4.78, 5) is 24.5. The lowest BCUT2D eigenvalue weighted by molar-refractivity contribution is -0.114. The van der Waals surface area contributed by atoms with Crippen LogP contribution < -0.4 is 10.6 Å². The van der Waals surface area contributed by atoms with Gasteiger partial charge in [-0.2, -0.15) is 0 Å². The largest absolute Gasteiger partial charge is 0.340 e. The van der Waals surface area contributed by atoms with Gasteiger partial charge in [0.1, 0.15) is 0 Å². The van der Waals surface area contributed by atoms with E-state index in [1.807, 2.05) is 7.05 Å². The van der Waals surface area contributed by atoms with Gasteiger partial charge in [0, 0.05) is 38.3 Å². The van der Waals surface area contributed by atoms with E-state index in [4.69, 9.17) is 0 Å². The van der Waals surface area contributed by atoms with Crippen molar-refractivity contribution in [1.29, 1.82) is 0 Å². The van der Waals surface area contributed by atoms with Gasteiger partial charge in [-0.3, -0.25) is 9.59 Å². The topological polar surface area (TPSA) is 61.4 Å². The minimum Gasteiger partial charge on any atom is -0.340 e. The van der Waals surface area contributed by atoms with Crippen molar-refractivity contribution in [1.82, 2.24) is 10.2 Å². The van der Waals surface area contributed by atoms with E-state index in [2.05, 4.69) is 10.6 Å². The second-order valence-electron chi connectivity index (χ2n) is 4.09. The third kappa shape index (κ3) is 4.18. The summed E-state index contributed by atoms with van der Waals surface area (Å²) in [6, 6.07) is 6.87. The SMILES string of the molecule is CNCCN(C)C(=O)c1ccc(NC(C)=O)cc1. The maximum absolute atomic E-state index is 12.0. The van der Waals surface area contributed by atoms with Gasteiger partial charge in [0.2, 0.25) is 5.91 Å². The molecule has 0 fully saturated rings. The van der Waals surface area contributed by atoms with E-state index in [1.165, 1.54) is 6.92 Å². The van der Waals surface area contributed by atoms with Crippen LogP contribution in [0.25, 0.3) is 0 Å². The Morgan fingerprint density at radius 2 is 1.83 bits per heavy atom. The molecule has 0 spiro atoms. The summed E-state index contributed by atoms with van der Waals surface area (Å²) in [7, 11) is 3.61. The van der Waals surface area contributed by atoms with Gasteiger partial charge in [0.05, 0.1) is 0 Å². The zero-order valence-corrected chi connectivity index (χ0v) is 11.0. The van der Waals surface area contributed by atoms with Gasteiger partial charge in [-0.25, -0.2) is 0 Å². The molecule has 5 heteroatoms. The number of nitrogens with zero attached hydrogens (tertiary/aromatic N) is 1. The van der Waals surface area contributed by atoms with Crippen molar-refractivity contribution in [2.24, 2.45) is 0 Å². The Kier molecular flexibility index (Phi) is 5.32. The lowest BCUT2D eigenvalue weighted by Crippen LogP contribution is -2.32.